The molecule has 126 valence electrons. The number of carbonyl (C=O) groups excluding carboxylic acids is 1. The standard InChI is InChI=1S/C20H15BrO4/c1-13-2-8-17-15(11-20(23)25-18(17)10-13)12-24-19(22)9-5-14-3-6-16(21)7-4-14/h2-11H,12H2,1H3/b9-5+. The molecule has 0 aliphatic rings. The molecule has 0 aliphatic carbocycles. The van der Waals surface area contributed by atoms with Gasteiger partial charge in [0, 0.05) is 27.6 Å². The molecule has 0 bridgehead atoms. The number of aryl methyl sites for hydroxylation is 1. The van der Waals surface area contributed by atoms with Gasteiger partial charge in [0.15, 0.2) is 0 Å². The van der Waals surface area contributed by atoms with Crippen LogP contribution < -0.4 is 5.63 Å². The van der Waals surface area contributed by atoms with Crippen molar-refractivity contribution in [1.29, 1.82) is 0 Å². The Hall–Kier alpha value is -2.66. The monoisotopic (exact) mass is 398 g/mol. The second-order valence-corrected chi connectivity index (χ2v) is 6.50. The first-order valence-corrected chi connectivity index (χ1v) is 8.44. The lowest BCUT2D eigenvalue weighted by Crippen LogP contribution is -2.05. The summed E-state index contributed by atoms with van der Waals surface area (Å²) in [5.74, 6) is -0.476. The van der Waals surface area contributed by atoms with Crippen molar-refractivity contribution in [2.45, 2.75) is 13.5 Å². The van der Waals surface area contributed by atoms with Gasteiger partial charge in [0.2, 0.25) is 0 Å². The van der Waals surface area contributed by atoms with Gasteiger partial charge in [-0.15, -0.1) is 0 Å². The summed E-state index contributed by atoms with van der Waals surface area (Å²) >= 11 is 3.36. The molecule has 0 atom stereocenters. The summed E-state index contributed by atoms with van der Waals surface area (Å²) < 4.78 is 11.4. The largest absolute Gasteiger partial charge is 0.458 e. The Bertz CT molecular complexity index is 1000. The summed E-state index contributed by atoms with van der Waals surface area (Å²) in [5.41, 5.74) is 2.53. The number of hydrogen-bond acceptors (Lipinski definition) is 4. The van der Waals surface area contributed by atoms with Gasteiger partial charge in [-0.2, -0.15) is 0 Å². The van der Waals surface area contributed by atoms with Crippen LogP contribution in [0.4, 0.5) is 0 Å². The van der Waals surface area contributed by atoms with E-state index in [1.807, 2.05) is 43.3 Å². The van der Waals surface area contributed by atoms with Crippen LogP contribution in [0.1, 0.15) is 16.7 Å². The number of rotatable bonds is 4. The van der Waals surface area contributed by atoms with Gasteiger partial charge in [-0.05, 0) is 42.3 Å². The highest BCUT2D eigenvalue weighted by molar-refractivity contribution is 9.10. The molecule has 1 heterocycles. The Balaban J connectivity index is 1.73. The third-order valence-corrected chi connectivity index (χ3v) is 4.17. The highest BCUT2D eigenvalue weighted by Gasteiger charge is 2.08. The second-order valence-electron chi connectivity index (χ2n) is 5.58. The molecule has 4 nitrogen and oxygen atoms in total. The zero-order valence-corrected chi connectivity index (χ0v) is 15.1. The van der Waals surface area contributed by atoms with Crippen molar-refractivity contribution >= 4 is 38.9 Å². The first kappa shape index (κ1) is 17.2. The molecule has 5 heteroatoms. The molecule has 3 aromatic rings. The SMILES string of the molecule is Cc1ccc2c(COC(=O)/C=C/c3ccc(Br)cc3)cc(=O)oc2c1. The number of fused-ring (bicyclic) bond motifs is 1. The van der Waals surface area contributed by atoms with Crippen molar-refractivity contribution in [3.8, 4) is 0 Å². The van der Waals surface area contributed by atoms with Crippen LogP contribution in [0.2, 0.25) is 0 Å². The zero-order chi connectivity index (χ0) is 17.8. The maximum atomic E-state index is 11.9. The minimum absolute atomic E-state index is 0.00860. The van der Waals surface area contributed by atoms with Crippen LogP contribution >= 0.6 is 15.9 Å². The number of halogens is 1. The lowest BCUT2D eigenvalue weighted by atomic mass is 10.1. The second kappa shape index (κ2) is 7.49. The average molecular weight is 399 g/mol. The van der Waals surface area contributed by atoms with Gasteiger partial charge in [-0.1, -0.05) is 40.2 Å². The van der Waals surface area contributed by atoms with Crippen molar-refractivity contribution in [2.75, 3.05) is 0 Å². The van der Waals surface area contributed by atoms with Gasteiger partial charge in [0.1, 0.15) is 12.2 Å². The molecular weight excluding hydrogens is 384 g/mol. The number of ether oxygens (including phenoxy) is 1. The van der Waals surface area contributed by atoms with Crippen molar-refractivity contribution in [1.82, 2.24) is 0 Å². The highest BCUT2D eigenvalue weighted by atomic mass is 79.9. The number of esters is 1. The molecule has 0 N–H and O–H groups in total. The van der Waals surface area contributed by atoms with Crippen LogP contribution in [0.5, 0.6) is 0 Å². The Morgan fingerprint density at radius 2 is 1.92 bits per heavy atom. The Kier molecular flexibility index (Phi) is 5.14. The van der Waals surface area contributed by atoms with Crippen molar-refractivity contribution in [3.05, 3.63) is 86.2 Å². The van der Waals surface area contributed by atoms with E-state index in [-0.39, 0.29) is 6.61 Å². The smallest absolute Gasteiger partial charge is 0.336 e. The van der Waals surface area contributed by atoms with E-state index >= 15 is 0 Å². The van der Waals surface area contributed by atoms with Crippen LogP contribution in [-0.2, 0) is 16.1 Å². The summed E-state index contributed by atoms with van der Waals surface area (Å²) in [6.45, 7) is 1.92. The summed E-state index contributed by atoms with van der Waals surface area (Å²) in [5, 5.41) is 0.759. The maximum Gasteiger partial charge on any atom is 0.336 e. The van der Waals surface area contributed by atoms with Gasteiger partial charge < -0.3 is 9.15 Å². The highest BCUT2D eigenvalue weighted by Crippen LogP contribution is 2.19. The zero-order valence-electron chi connectivity index (χ0n) is 13.5. The fourth-order valence-corrected chi connectivity index (χ4v) is 2.66. The predicted octanol–water partition coefficient (Wildman–Crippen LogP) is 4.62. The molecule has 2 aromatic carbocycles. The van der Waals surface area contributed by atoms with Crippen molar-refractivity contribution in [2.24, 2.45) is 0 Å². The fraction of sp³-hybridized carbons (Fsp3) is 0.100. The first-order chi connectivity index (χ1) is 12.0. The fourth-order valence-electron chi connectivity index (χ4n) is 2.39. The van der Waals surface area contributed by atoms with Gasteiger partial charge in [0.25, 0.3) is 0 Å². The third kappa shape index (κ3) is 4.45. The molecule has 0 saturated carbocycles. The summed E-state index contributed by atoms with van der Waals surface area (Å²) in [6, 6.07) is 14.5. The molecule has 25 heavy (non-hydrogen) atoms. The molecule has 0 fully saturated rings. The Labute approximate surface area is 152 Å². The third-order valence-electron chi connectivity index (χ3n) is 3.64. The van der Waals surface area contributed by atoms with Gasteiger partial charge in [-0.25, -0.2) is 9.59 Å². The number of carbonyl (C=O) groups is 1. The van der Waals surface area contributed by atoms with E-state index in [2.05, 4.69) is 15.9 Å². The quantitative estimate of drug-likeness (QED) is 0.365. The molecule has 1 aromatic heterocycles. The molecular formula is C20H15BrO4. The Morgan fingerprint density at radius 1 is 1.16 bits per heavy atom. The van der Waals surface area contributed by atoms with Crippen LogP contribution in [0, 0.1) is 6.92 Å². The van der Waals surface area contributed by atoms with Crippen molar-refractivity contribution < 1.29 is 13.9 Å². The van der Waals surface area contributed by atoms with Crippen molar-refractivity contribution in [3.63, 3.8) is 0 Å². The topological polar surface area (TPSA) is 56.5 Å². The summed E-state index contributed by atoms with van der Waals surface area (Å²) in [4.78, 5) is 23.6. The molecule has 0 aliphatic heterocycles. The molecule has 0 radical (unpaired) electrons. The minimum Gasteiger partial charge on any atom is -0.458 e. The van der Waals surface area contributed by atoms with Gasteiger partial charge in [0.05, 0.1) is 0 Å². The average Bonchev–Trinajstić information content (AvgIpc) is 2.58. The molecule has 0 amide bonds. The number of hydrogen-bond donors (Lipinski definition) is 0. The van der Waals surface area contributed by atoms with E-state index in [9.17, 15) is 9.59 Å². The minimum atomic E-state index is -0.476. The van der Waals surface area contributed by atoms with E-state index in [1.165, 1.54) is 12.1 Å². The normalized spacial score (nSPS) is 11.1. The summed E-state index contributed by atoms with van der Waals surface area (Å²) in [6.07, 6.45) is 3.04. The van der Waals surface area contributed by atoms with E-state index < -0.39 is 11.6 Å². The van der Waals surface area contributed by atoms with E-state index in [1.54, 1.807) is 12.1 Å². The summed E-state index contributed by atoms with van der Waals surface area (Å²) in [7, 11) is 0. The first-order valence-electron chi connectivity index (χ1n) is 7.65. The van der Waals surface area contributed by atoms with Crippen LogP contribution in [0.25, 0.3) is 17.0 Å². The van der Waals surface area contributed by atoms with Crippen LogP contribution in [0.3, 0.4) is 0 Å². The lowest BCUT2D eigenvalue weighted by Gasteiger charge is -2.06. The molecule has 0 spiro atoms. The molecule has 3 rings (SSSR count). The van der Waals surface area contributed by atoms with E-state index in [0.29, 0.717) is 11.1 Å². The van der Waals surface area contributed by atoms with E-state index in [0.717, 1.165) is 21.0 Å². The van der Waals surface area contributed by atoms with Gasteiger partial charge in [-0.3, -0.25) is 0 Å². The molecule has 0 unspecified atom stereocenters. The number of benzene rings is 2. The lowest BCUT2D eigenvalue weighted by molar-refractivity contribution is -0.138. The maximum absolute atomic E-state index is 11.9. The van der Waals surface area contributed by atoms with Gasteiger partial charge >= 0.3 is 11.6 Å². The van der Waals surface area contributed by atoms with Crippen LogP contribution in [-0.4, -0.2) is 5.97 Å². The van der Waals surface area contributed by atoms with Crippen LogP contribution in [0.15, 0.2) is 68.3 Å². The van der Waals surface area contributed by atoms with E-state index in [4.69, 9.17) is 9.15 Å². The molecule has 0 saturated heterocycles. The predicted molar refractivity (Wildman–Crippen MR) is 100 cm³/mol. The Morgan fingerprint density at radius 3 is 2.68 bits per heavy atom.